The van der Waals surface area contributed by atoms with E-state index in [-0.39, 0.29) is 18.4 Å². The molecule has 0 unspecified atom stereocenters. The van der Waals surface area contributed by atoms with Crippen molar-refractivity contribution in [1.29, 1.82) is 0 Å². The summed E-state index contributed by atoms with van der Waals surface area (Å²) in [5, 5.41) is 0. The molecule has 0 amide bonds. The number of hydrogen-bond donors (Lipinski definition) is 0. The second kappa shape index (κ2) is 9.69. The first-order valence-electron chi connectivity index (χ1n) is 6.11. The second-order valence-corrected chi connectivity index (χ2v) is 7.02. The van der Waals surface area contributed by atoms with Crippen molar-refractivity contribution in [3.05, 3.63) is 25.0 Å². The van der Waals surface area contributed by atoms with Gasteiger partial charge in [-0.05, 0) is 6.42 Å². The van der Waals surface area contributed by atoms with Crippen molar-refractivity contribution in [3.8, 4) is 6.01 Å². The van der Waals surface area contributed by atoms with Gasteiger partial charge in [-0.25, -0.2) is 9.78 Å². The van der Waals surface area contributed by atoms with E-state index in [1.807, 2.05) is 0 Å². The van der Waals surface area contributed by atoms with Gasteiger partial charge in [-0.1, -0.05) is 6.58 Å². The number of hydrogen-bond acceptors (Lipinski definition) is 6. The predicted molar refractivity (Wildman–Crippen MR) is 81.5 cm³/mol. The molecule has 0 bridgehead atoms. The van der Waals surface area contributed by atoms with Crippen molar-refractivity contribution in [2.24, 2.45) is 0 Å². The monoisotopic (exact) mass is 336 g/mol. The minimum absolute atomic E-state index is 0. The summed E-state index contributed by atoms with van der Waals surface area (Å²) in [4.78, 5) is 15.1. The normalized spacial score (nSPS) is 10.8. The van der Waals surface area contributed by atoms with E-state index in [0.717, 1.165) is 12.5 Å². The first-order valence-corrected chi connectivity index (χ1v) is 8.04. The van der Waals surface area contributed by atoms with Crippen molar-refractivity contribution in [1.82, 2.24) is 9.55 Å². The average Bonchev–Trinajstić information content (AvgIpc) is 2.91. The Bertz CT molecular complexity index is 442. The Morgan fingerprint density at radius 3 is 2.52 bits per heavy atom. The van der Waals surface area contributed by atoms with Crippen molar-refractivity contribution >= 4 is 27.2 Å². The standard InChI is InChI=1S/C12H20N2O5Si.ClH/c1-5-11(15)19-12-13-7-9-14(12)8-6-10-20(16-2,17-3)18-4;/h5,7,9H,1,6,8,10H2,2-4H3;1H. The van der Waals surface area contributed by atoms with Crippen LogP contribution in [0.25, 0.3) is 0 Å². The Balaban J connectivity index is 0.00000400. The van der Waals surface area contributed by atoms with E-state index in [9.17, 15) is 4.79 Å². The van der Waals surface area contributed by atoms with Crippen LogP contribution in [0, 0.1) is 0 Å². The Morgan fingerprint density at radius 1 is 1.38 bits per heavy atom. The first kappa shape index (κ1) is 19.8. The second-order valence-electron chi connectivity index (χ2n) is 3.93. The number of esters is 1. The molecule has 0 saturated heterocycles. The molecule has 0 spiro atoms. The lowest BCUT2D eigenvalue weighted by Gasteiger charge is -2.24. The fourth-order valence-corrected chi connectivity index (χ4v) is 3.43. The summed E-state index contributed by atoms with van der Waals surface area (Å²) in [7, 11) is 2.17. The van der Waals surface area contributed by atoms with Crippen LogP contribution in [-0.2, 0) is 24.6 Å². The molecule has 0 aromatic carbocycles. The Labute approximate surface area is 131 Å². The van der Waals surface area contributed by atoms with Gasteiger partial charge in [0.1, 0.15) is 0 Å². The largest absolute Gasteiger partial charge is 0.500 e. The molecule has 0 fully saturated rings. The predicted octanol–water partition coefficient (Wildman–Crippen LogP) is 1.66. The van der Waals surface area contributed by atoms with Gasteiger partial charge in [0.25, 0.3) is 0 Å². The van der Waals surface area contributed by atoms with Crippen molar-refractivity contribution in [2.45, 2.75) is 19.0 Å². The summed E-state index contributed by atoms with van der Waals surface area (Å²) in [5.74, 6) is -0.535. The van der Waals surface area contributed by atoms with Crippen LogP contribution in [0.3, 0.4) is 0 Å². The Morgan fingerprint density at radius 2 is 2.00 bits per heavy atom. The van der Waals surface area contributed by atoms with Crippen LogP contribution < -0.4 is 4.74 Å². The molecule has 0 radical (unpaired) electrons. The highest BCUT2D eigenvalue weighted by Crippen LogP contribution is 2.17. The van der Waals surface area contributed by atoms with Crippen LogP contribution in [0.1, 0.15) is 6.42 Å². The molecule has 7 nitrogen and oxygen atoms in total. The maximum Gasteiger partial charge on any atom is 0.500 e. The lowest BCUT2D eigenvalue weighted by atomic mass is 10.5. The molecule has 0 aliphatic heterocycles. The summed E-state index contributed by atoms with van der Waals surface area (Å²) in [6.45, 7) is 3.96. The number of aromatic nitrogens is 2. The third-order valence-corrected chi connectivity index (χ3v) is 5.68. The van der Waals surface area contributed by atoms with Gasteiger partial charge in [0.15, 0.2) is 0 Å². The molecule has 0 aliphatic rings. The number of rotatable bonds is 9. The number of aryl methyl sites for hydroxylation is 1. The van der Waals surface area contributed by atoms with E-state index < -0.39 is 14.8 Å². The van der Waals surface area contributed by atoms with E-state index >= 15 is 0 Å². The molecule has 1 aromatic heterocycles. The van der Waals surface area contributed by atoms with Crippen LogP contribution in [0.2, 0.25) is 6.04 Å². The van der Waals surface area contributed by atoms with Crippen LogP contribution in [0.15, 0.2) is 25.0 Å². The molecule has 0 saturated carbocycles. The van der Waals surface area contributed by atoms with Gasteiger partial charge >= 0.3 is 20.8 Å². The zero-order valence-corrected chi connectivity index (χ0v) is 14.2. The fraction of sp³-hybridized carbons (Fsp3) is 0.500. The Kier molecular flexibility index (Phi) is 9.14. The van der Waals surface area contributed by atoms with Crippen LogP contribution >= 0.6 is 12.4 Å². The van der Waals surface area contributed by atoms with E-state index in [1.54, 1.807) is 38.3 Å². The van der Waals surface area contributed by atoms with E-state index in [4.69, 9.17) is 18.0 Å². The van der Waals surface area contributed by atoms with Gasteiger partial charge < -0.3 is 22.6 Å². The summed E-state index contributed by atoms with van der Waals surface area (Å²) >= 11 is 0. The molecule has 120 valence electrons. The van der Waals surface area contributed by atoms with Gasteiger partial charge in [-0.2, -0.15) is 0 Å². The summed E-state index contributed by atoms with van der Waals surface area (Å²) in [5.41, 5.74) is 0. The molecule has 1 heterocycles. The molecule has 0 atom stereocenters. The van der Waals surface area contributed by atoms with E-state index in [0.29, 0.717) is 12.6 Å². The zero-order valence-electron chi connectivity index (χ0n) is 12.4. The van der Waals surface area contributed by atoms with Gasteiger partial charge in [0.05, 0.1) is 0 Å². The quantitative estimate of drug-likeness (QED) is 0.388. The Hall–Kier alpha value is -1.19. The number of imidazole rings is 1. The third kappa shape index (κ3) is 5.60. The lowest BCUT2D eigenvalue weighted by Crippen LogP contribution is -2.42. The molecule has 0 aliphatic carbocycles. The molecule has 0 N–H and O–H groups in total. The molecule has 9 heteroatoms. The lowest BCUT2D eigenvalue weighted by molar-refractivity contribution is -0.129. The third-order valence-electron chi connectivity index (χ3n) is 2.85. The highest BCUT2D eigenvalue weighted by molar-refractivity contribution is 6.60. The maximum atomic E-state index is 11.2. The number of ether oxygens (including phenoxy) is 1. The number of halogens is 1. The highest BCUT2D eigenvalue weighted by Gasteiger charge is 2.36. The summed E-state index contributed by atoms with van der Waals surface area (Å²) < 4.78 is 22.8. The fourth-order valence-electron chi connectivity index (χ4n) is 1.72. The topological polar surface area (TPSA) is 71.8 Å². The van der Waals surface area contributed by atoms with Crippen LogP contribution in [-0.4, -0.2) is 45.7 Å². The molecular weight excluding hydrogens is 316 g/mol. The van der Waals surface area contributed by atoms with Crippen molar-refractivity contribution in [2.75, 3.05) is 21.3 Å². The SMILES string of the molecule is C=CC(=O)Oc1nccn1CCC[Si](OC)(OC)OC.Cl. The van der Waals surface area contributed by atoms with Crippen LogP contribution in [0.5, 0.6) is 6.01 Å². The molecular formula is C12H21ClN2O5Si. The number of carbonyl (C=O) groups is 1. The maximum absolute atomic E-state index is 11.2. The van der Waals surface area contributed by atoms with Crippen LogP contribution in [0.4, 0.5) is 0 Å². The smallest absolute Gasteiger partial charge is 0.389 e. The van der Waals surface area contributed by atoms with Gasteiger partial charge in [0.2, 0.25) is 0 Å². The average molecular weight is 337 g/mol. The van der Waals surface area contributed by atoms with Gasteiger partial charge in [-0.15, -0.1) is 12.4 Å². The first-order chi connectivity index (χ1) is 9.60. The van der Waals surface area contributed by atoms with Gasteiger partial charge in [0, 0.05) is 52.4 Å². The summed E-state index contributed by atoms with van der Waals surface area (Å²) in [6, 6.07) is 0.901. The summed E-state index contributed by atoms with van der Waals surface area (Å²) in [6.07, 6.45) is 5.15. The number of carbonyl (C=O) groups excluding carboxylic acids is 1. The zero-order chi connectivity index (χ0) is 15.0. The van der Waals surface area contributed by atoms with Crippen molar-refractivity contribution in [3.63, 3.8) is 0 Å². The molecule has 21 heavy (non-hydrogen) atoms. The minimum Gasteiger partial charge on any atom is -0.389 e. The molecule has 1 rings (SSSR count). The van der Waals surface area contributed by atoms with Gasteiger partial charge in [-0.3, -0.25) is 0 Å². The highest BCUT2D eigenvalue weighted by atomic mass is 35.5. The molecule has 1 aromatic rings. The number of nitrogens with zero attached hydrogens (tertiary/aromatic N) is 2. The minimum atomic E-state index is -2.56. The van der Waals surface area contributed by atoms with E-state index in [1.165, 1.54) is 0 Å². The van der Waals surface area contributed by atoms with Crippen molar-refractivity contribution < 1.29 is 22.8 Å². The van der Waals surface area contributed by atoms with E-state index in [2.05, 4.69) is 11.6 Å².